The number of phenols is 1. The maximum absolute atomic E-state index is 12.0. The zero-order chi connectivity index (χ0) is 16.7. The Morgan fingerprint density at radius 3 is 2.65 bits per heavy atom. The van der Waals surface area contributed by atoms with Crippen LogP contribution in [0.5, 0.6) is 5.75 Å². The largest absolute Gasteiger partial charge is 0.508 e. The van der Waals surface area contributed by atoms with Gasteiger partial charge in [-0.15, -0.1) is 0 Å². The third kappa shape index (κ3) is 4.89. The molecule has 0 amide bonds. The smallest absolute Gasteiger partial charge is 0.185 e. The summed E-state index contributed by atoms with van der Waals surface area (Å²) in [5, 5.41) is 9.83. The number of ketones is 1. The normalized spacial score (nSPS) is 18.6. The molecule has 1 heterocycles. The molecule has 122 valence electrons. The molecule has 5 heteroatoms. The van der Waals surface area contributed by atoms with Gasteiger partial charge >= 0.3 is 0 Å². The number of rotatable bonds is 5. The molecule has 0 saturated carbocycles. The van der Waals surface area contributed by atoms with E-state index in [9.17, 15) is 9.90 Å². The minimum Gasteiger partial charge on any atom is -0.508 e. The molecule has 4 nitrogen and oxygen atoms in total. The lowest BCUT2D eigenvalue weighted by Gasteiger charge is -2.21. The van der Waals surface area contributed by atoms with E-state index in [1.807, 2.05) is 13.0 Å². The van der Waals surface area contributed by atoms with E-state index in [2.05, 4.69) is 0 Å². The van der Waals surface area contributed by atoms with Gasteiger partial charge in [-0.3, -0.25) is 4.79 Å². The van der Waals surface area contributed by atoms with Crippen molar-refractivity contribution in [3.63, 3.8) is 0 Å². The first kappa shape index (κ1) is 17.2. The van der Waals surface area contributed by atoms with E-state index < -0.39 is 0 Å². The zero-order valence-corrected chi connectivity index (χ0v) is 13.7. The molecule has 0 aliphatic carbocycles. The van der Waals surface area contributed by atoms with Crippen LogP contribution < -0.4 is 0 Å². The van der Waals surface area contributed by atoms with Gasteiger partial charge in [0.2, 0.25) is 0 Å². The van der Waals surface area contributed by atoms with E-state index in [4.69, 9.17) is 21.1 Å². The van der Waals surface area contributed by atoms with E-state index in [1.54, 1.807) is 18.2 Å². The number of ether oxygens (including phenoxy) is 2. The van der Waals surface area contributed by atoms with Crippen LogP contribution in [0.4, 0.5) is 0 Å². The molecule has 1 saturated heterocycles. The van der Waals surface area contributed by atoms with Crippen molar-refractivity contribution in [1.82, 2.24) is 0 Å². The second-order valence-corrected chi connectivity index (χ2v) is 5.36. The molecule has 0 radical (unpaired) electrons. The number of aromatic hydroxyl groups is 1. The monoisotopic (exact) mass is 334 g/mol. The molecule has 23 heavy (non-hydrogen) atoms. The number of benzene rings is 1. The number of allylic oxidation sites excluding steroid dienone is 4. The van der Waals surface area contributed by atoms with Crippen LogP contribution in [0.1, 0.15) is 30.1 Å². The maximum atomic E-state index is 12.0. The van der Waals surface area contributed by atoms with Crippen molar-refractivity contribution in [2.45, 2.75) is 19.8 Å². The molecule has 0 unspecified atom stereocenters. The number of phenolic OH excluding ortho intramolecular Hbond substituents is 1. The van der Waals surface area contributed by atoms with E-state index >= 15 is 0 Å². The van der Waals surface area contributed by atoms with Gasteiger partial charge in [0.15, 0.2) is 17.3 Å². The summed E-state index contributed by atoms with van der Waals surface area (Å²) in [6, 6.07) is 6.14. The molecule has 1 aromatic carbocycles. The summed E-state index contributed by atoms with van der Waals surface area (Å²) in [6.07, 6.45) is 6.29. The predicted octanol–water partition coefficient (Wildman–Crippen LogP) is 4.31. The van der Waals surface area contributed by atoms with Gasteiger partial charge in [0.05, 0.1) is 5.03 Å². The van der Waals surface area contributed by atoms with Gasteiger partial charge in [-0.2, -0.15) is 0 Å². The van der Waals surface area contributed by atoms with Crippen LogP contribution in [-0.4, -0.2) is 24.1 Å². The Bertz CT molecular complexity index is 641. The SMILES string of the molecule is CC/C(Cl)=C1/OCCO/C1=C/C/C=C/C(=O)c1ccc(O)cc1. The van der Waals surface area contributed by atoms with Crippen molar-refractivity contribution in [1.29, 1.82) is 0 Å². The molecule has 0 spiro atoms. The highest BCUT2D eigenvalue weighted by Gasteiger charge is 2.17. The zero-order valence-electron chi connectivity index (χ0n) is 12.9. The van der Waals surface area contributed by atoms with Gasteiger partial charge < -0.3 is 14.6 Å². The van der Waals surface area contributed by atoms with Gasteiger partial charge in [-0.25, -0.2) is 0 Å². The Labute approximate surface area is 140 Å². The van der Waals surface area contributed by atoms with Gasteiger partial charge in [-0.1, -0.05) is 24.6 Å². The average Bonchev–Trinajstić information content (AvgIpc) is 2.58. The van der Waals surface area contributed by atoms with Crippen LogP contribution in [0, 0.1) is 0 Å². The van der Waals surface area contributed by atoms with Crippen LogP contribution in [0.15, 0.2) is 59.0 Å². The molecule has 1 aliphatic heterocycles. The standard InChI is InChI=1S/C18H19ClO4/c1-2-15(19)18-17(22-11-12-23-18)6-4-3-5-16(21)13-7-9-14(20)10-8-13/h3,5-10,20H,2,4,11-12H2,1H3/b5-3+,17-6+,18-15-. The van der Waals surface area contributed by atoms with Crippen molar-refractivity contribution >= 4 is 17.4 Å². The minimum absolute atomic E-state index is 0.119. The van der Waals surface area contributed by atoms with Crippen molar-refractivity contribution in [2.75, 3.05) is 13.2 Å². The molecule has 1 aliphatic rings. The lowest BCUT2D eigenvalue weighted by molar-refractivity contribution is 0.0579. The minimum atomic E-state index is -0.119. The topological polar surface area (TPSA) is 55.8 Å². The summed E-state index contributed by atoms with van der Waals surface area (Å²) in [7, 11) is 0. The molecule has 0 atom stereocenters. The lowest BCUT2D eigenvalue weighted by atomic mass is 10.1. The van der Waals surface area contributed by atoms with E-state index in [0.717, 1.165) is 0 Å². The van der Waals surface area contributed by atoms with Crippen molar-refractivity contribution in [3.8, 4) is 5.75 Å². The Kier molecular flexibility index (Phi) is 6.29. The highest BCUT2D eigenvalue weighted by Crippen LogP contribution is 2.26. The second kappa shape index (κ2) is 8.44. The average molecular weight is 335 g/mol. The summed E-state index contributed by atoms with van der Waals surface area (Å²) in [5.41, 5.74) is 0.526. The highest BCUT2D eigenvalue weighted by molar-refractivity contribution is 6.30. The van der Waals surface area contributed by atoms with Crippen LogP contribution >= 0.6 is 11.6 Å². The number of carbonyl (C=O) groups excluding carboxylic acids is 1. The van der Waals surface area contributed by atoms with Gasteiger partial charge in [0.25, 0.3) is 0 Å². The summed E-state index contributed by atoms with van der Waals surface area (Å²) < 4.78 is 11.1. The molecule has 1 N–H and O–H groups in total. The van der Waals surface area contributed by atoms with Gasteiger partial charge in [0, 0.05) is 5.56 Å². The first-order chi connectivity index (χ1) is 11.1. The number of halogens is 1. The molecule has 2 rings (SSSR count). The molecule has 1 fully saturated rings. The quantitative estimate of drug-likeness (QED) is 0.644. The molecule has 0 bridgehead atoms. The number of hydrogen-bond acceptors (Lipinski definition) is 4. The van der Waals surface area contributed by atoms with E-state index in [1.165, 1.54) is 18.2 Å². The number of carbonyl (C=O) groups is 1. The predicted molar refractivity (Wildman–Crippen MR) is 89.4 cm³/mol. The Morgan fingerprint density at radius 1 is 1.26 bits per heavy atom. The molecule has 1 aromatic rings. The Morgan fingerprint density at radius 2 is 1.96 bits per heavy atom. The number of hydrogen-bond donors (Lipinski definition) is 1. The van der Waals surface area contributed by atoms with E-state index in [0.29, 0.717) is 48.2 Å². The first-order valence-corrected chi connectivity index (χ1v) is 7.84. The third-order valence-corrected chi connectivity index (χ3v) is 3.67. The molecular weight excluding hydrogens is 316 g/mol. The Balaban J connectivity index is 1.99. The highest BCUT2D eigenvalue weighted by atomic mass is 35.5. The van der Waals surface area contributed by atoms with Crippen LogP contribution in [0.25, 0.3) is 0 Å². The fourth-order valence-electron chi connectivity index (χ4n) is 2.03. The molecule has 0 aromatic heterocycles. The second-order valence-electron chi connectivity index (χ2n) is 4.90. The molecular formula is C18H19ClO4. The first-order valence-electron chi connectivity index (χ1n) is 7.46. The summed E-state index contributed by atoms with van der Waals surface area (Å²) in [5.74, 6) is 1.21. The fourth-order valence-corrected chi connectivity index (χ4v) is 2.18. The van der Waals surface area contributed by atoms with Gasteiger partial charge in [0.1, 0.15) is 19.0 Å². The van der Waals surface area contributed by atoms with Crippen LogP contribution in [0.3, 0.4) is 0 Å². The Hall–Kier alpha value is -2.20. The summed E-state index contributed by atoms with van der Waals surface area (Å²) >= 11 is 6.14. The van der Waals surface area contributed by atoms with Crippen molar-refractivity contribution in [2.24, 2.45) is 0 Å². The van der Waals surface area contributed by atoms with Crippen molar-refractivity contribution < 1.29 is 19.4 Å². The maximum Gasteiger partial charge on any atom is 0.185 e. The fraction of sp³-hybridized carbons (Fsp3) is 0.278. The summed E-state index contributed by atoms with van der Waals surface area (Å²) in [4.78, 5) is 12.0. The third-order valence-electron chi connectivity index (χ3n) is 3.23. The summed E-state index contributed by atoms with van der Waals surface area (Å²) in [6.45, 7) is 2.92. The van der Waals surface area contributed by atoms with Gasteiger partial charge in [-0.05, 0) is 49.3 Å². The van der Waals surface area contributed by atoms with Crippen LogP contribution in [-0.2, 0) is 9.47 Å². The van der Waals surface area contributed by atoms with E-state index in [-0.39, 0.29) is 11.5 Å². The van der Waals surface area contributed by atoms with Crippen molar-refractivity contribution in [3.05, 3.63) is 64.6 Å². The van der Waals surface area contributed by atoms with Crippen LogP contribution in [0.2, 0.25) is 0 Å². The lowest BCUT2D eigenvalue weighted by Crippen LogP contribution is -2.15.